The maximum atomic E-state index is 15.1. The lowest BCUT2D eigenvalue weighted by Gasteiger charge is -2.19. The molecule has 0 unspecified atom stereocenters. The molecule has 2 aromatic carbocycles. The average molecular weight is 411 g/mol. The zero-order valence-electron chi connectivity index (χ0n) is 14.2. The molecule has 1 fully saturated rings. The second-order valence-electron chi connectivity index (χ2n) is 6.31. The molecule has 0 bridgehead atoms. The fourth-order valence-corrected chi connectivity index (χ4v) is 4.71. The van der Waals surface area contributed by atoms with Gasteiger partial charge < -0.3 is 9.84 Å². The predicted molar refractivity (Wildman–Crippen MR) is 102 cm³/mol. The molecule has 1 saturated carbocycles. The first-order chi connectivity index (χ1) is 12.9. The number of methoxy groups -OCH3 is 1. The smallest absolute Gasteiger partial charge is 0.177 e. The van der Waals surface area contributed by atoms with Gasteiger partial charge >= 0.3 is 0 Å². The molecule has 1 aliphatic carbocycles. The molecule has 0 aliphatic heterocycles. The molecule has 2 nitrogen and oxygen atoms in total. The Kier molecular flexibility index (Phi) is 4.56. The Labute approximate surface area is 162 Å². The van der Waals surface area contributed by atoms with Gasteiger partial charge in [-0.2, -0.15) is 0 Å². The molecular formula is C20H14ClF3O2S. The number of thiophene rings is 1. The Bertz CT molecular complexity index is 1100. The van der Waals surface area contributed by atoms with Crippen molar-refractivity contribution in [1.82, 2.24) is 0 Å². The Morgan fingerprint density at radius 1 is 1.15 bits per heavy atom. The van der Waals surface area contributed by atoms with Crippen molar-refractivity contribution in [3.63, 3.8) is 0 Å². The van der Waals surface area contributed by atoms with E-state index in [2.05, 4.69) is 0 Å². The Morgan fingerprint density at radius 2 is 1.89 bits per heavy atom. The van der Waals surface area contributed by atoms with Gasteiger partial charge in [0.05, 0.1) is 22.6 Å². The highest BCUT2D eigenvalue weighted by Crippen LogP contribution is 2.48. The third-order valence-corrected chi connectivity index (χ3v) is 6.18. The fraction of sp³-hybridized carbons (Fsp3) is 0.200. The van der Waals surface area contributed by atoms with E-state index < -0.39 is 17.5 Å². The lowest BCUT2D eigenvalue weighted by Crippen LogP contribution is -2.02. The highest BCUT2D eigenvalue weighted by atomic mass is 35.5. The van der Waals surface area contributed by atoms with Crippen LogP contribution in [0.2, 0.25) is 5.02 Å². The molecule has 1 aliphatic rings. The average Bonchev–Trinajstić information content (AvgIpc) is 2.91. The van der Waals surface area contributed by atoms with Crippen LogP contribution in [0.5, 0.6) is 5.75 Å². The number of halogens is 4. The van der Waals surface area contributed by atoms with E-state index in [0.29, 0.717) is 15.0 Å². The number of benzene rings is 2. The quantitative estimate of drug-likeness (QED) is 0.466. The zero-order valence-corrected chi connectivity index (χ0v) is 15.8. The normalized spacial score (nSPS) is 13.7. The van der Waals surface area contributed by atoms with E-state index >= 15 is 4.39 Å². The highest BCUT2D eigenvalue weighted by molar-refractivity contribution is 7.20. The minimum absolute atomic E-state index is 0.00516. The van der Waals surface area contributed by atoms with E-state index in [9.17, 15) is 13.9 Å². The molecule has 27 heavy (non-hydrogen) atoms. The first kappa shape index (κ1) is 18.2. The summed E-state index contributed by atoms with van der Waals surface area (Å²) in [6.07, 6.45) is 2.40. The second-order valence-corrected chi connectivity index (χ2v) is 7.77. The lowest BCUT2D eigenvalue weighted by molar-refractivity contribution is 0.385. The van der Waals surface area contributed by atoms with Crippen LogP contribution in [0, 0.1) is 17.5 Å². The van der Waals surface area contributed by atoms with Gasteiger partial charge in [0.1, 0.15) is 17.4 Å². The summed E-state index contributed by atoms with van der Waals surface area (Å²) in [6, 6.07) is 4.94. The van der Waals surface area contributed by atoms with Gasteiger partial charge in [0.15, 0.2) is 11.6 Å². The van der Waals surface area contributed by atoms with Crippen molar-refractivity contribution in [2.24, 2.45) is 0 Å². The van der Waals surface area contributed by atoms with E-state index in [-0.39, 0.29) is 27.7 Å². The second kappa shape index (κ2) is 6.77. The number of aliphatic hydroxyl groups is 1. The first-order valence-electron chi connectivity index (χ1n) is 8.27. The molecule has 3 aromatic rings. The van der Waals surface area contributed by atoms with Crippen molar-refractivity contribution >= 4 is 38.8 Å². The van der Waals surface area contributed by atoms with E-state index in [4.69, 9.17) is 16.3 Å². The van der Waals surface area contributed by atoms with Gasteiger partial charge in [-0.1, -0.05) is 11.6 Å². The Morgan fingerprint density at radius 3 is 2.52 bits per heavy atom. The molecule has 0 radical (unpaired) electrons. The number of allylic oxidation sites excluding steroid dienone is 1. The van der Waals surface area contributed by atoms with E-state index in [1.54, 1.807) is 0 Å². The van der Waals surface area contributed by atoms with Crippen LogP contribution < -0.4 is 4.74 Å². The molecule has 4 rings (SSSR count). The summed E-state index contributed by atoms with van der Waals surface area (Å²) in [5.41, 5.74) is 0.650. The van der Waals surface area contributed by atoms with E-state index in [1.165, 1.54) is 25.3 Å². The lowest BCUT2D eigenvalue weighted by atomic mass is 9.89. The molecular weight excluding hydrogens is 397 g/mol. The molecule has 7 heteroatoms. The highest BCUT2D eigenvalue weighted by Gasteiger charge is 2.28. The van der Waals surface area contributed by atoms with Crippen molar-refractivity contribution in [1.29, 1.82) is 0 Å². The number of rotatable bonds is 3. The minimum Gasteiger partial charge on any atom is -0.506 e. The molecule has 0 spiro atoms. The number of fused-ring (bicyclic) bond motifs is 1. The number of hydrogen-bond acceptors (Lipinski definition) is 3. The number of aliphatic hydroxyl groups excluding tert-OH is 1. The summed E-state index contributed by atoms with van der Waals surface area (Å²) in [7, 11) is 1.24. The number of hydrogen-bond donors (Lipinski definition) is 1. The van der Waals surface area contributed by atoms with Crippen molar-refractivity contribution in [2.45, 2.75) is 19.3 Å². The van der Waals surface area contributed by atoms with Crippen LogP contribution in [-0.4, -0.2) is 12.2 Å². The van der Waals surface area contributed by atoms with Gasteiger partial charge in [0.2, 0.25) is 0 Å². The first-order valence-corrected chi connectivity index (χ1v) is 9.47. The molecule has 0 saturated heterocycles. The van der Waals surface area contributed by atoms with Crippen LogP contribution in [0.15, 0.2) is 29.8 Å². The summed E-state index contributed by atoms with van der Waals surface area (Å²) in [6.45, 7) is 0. The summed E-state index contributed by atoms with van der Waals surface area (Å²) in [5.74, 6) is -2.58. The van der Waals surface area contributed by atoms with Crippen molar-refractivity contribution in [3.8, 4) is 16.9 Å². The third-order valence-electron chi connectivity index (χ3n) is 4.74. The SMILES string of the molecule is COc1c(Cl)cc(F)c(-c2c(C(O)=C3CCC3)sc3cc(F)ccc23)c1F. The zero-order chi connectivity index (χ0) is 19.3. The van der Waals surface area contributed by atoms with Crippen LogP contribution in [0.1, 0.15) is 24.1 Å². The minimum atomic E-state index is -0.959. The third kappa shape index (κ3) is 2.87. The van der Waals surface area contributed by atoms with Gasteiger partial charge in [-0.25, -0.2) is 13.2 Å². The standard InChI is InChI=1S/C20H14ClF3O2S/c1-26-19-12(21)8-13(23)16(17(19)24)15-11-6-5-10(22)7-14(11)27-20(15)18(25)9-3-2-4-9/h5-8,25H,2-4H2,1H3. The summed E-state index contributed by atoms with van der Waals surface area (Å²) in [4.78, 5) is 0.312. The van der Waals surface area contributed by atoms with Crippen LogP contribution in [-0.2, 0) is 0 Å². The predicted octanol–water partition coefficient (Wildman–Crippen LogP) is 7.10. The van der Waals surface area contributed by atoms with Gasteiger partial charge in [-0.3, -0.25) is 0 Å². The van der Waals surface area contributed by atoms with E-state index in [1.807, 2.05) is 0 Å². The van der Waals surface area contributed by atoms with Crippen molar-refractivity contribution < 1.29 is 23.0 Å². The van der Waals surface area contributed by atoms with Gasteiger partial charge in [0.25, 0.3) is 0 Å². The summed E-state index contributed by atoms with van der Waals surface area (Å²) >= 11 is 6.98. The molecule has 1 N–H and O–H groups in total. The van der Waals surface area contributed by atoms with Crippen molar-refractivity contribution in [2.75, 3.05) is 7.11 Å². The molecule has 0 atom stereocenters. The maximum Gasteiger partial charge on any atom is 0.177 e. The summed E-state index contributed by atoms with van der Waals surface area (Å²) < 4.78 is 49.0. The Balaban J connectivity index is 2.10. The van der Waals surface area contributed by atoms with Gasteiger partial charge in [0, 0.05) is 15.6 Å². The van der Waals surface area contributed by atoms with Crippen LogP contribution in [0.3, 0.4) is 0 Å². The Hall–Kier alpha value is -2.18. The largest absolute Gasteiger partial charge is 0.506 e. The molecule has 0 amide bonds. The van der Waals surface area contributed by atoms with Crippen LogP contribution in [0.4, 0.5) is 13.2 Å². The van der Waals surface area contributed by atoms with E-state index in [0.717, 1.165) is 42.2 Å². The van der Waals surface area contributed by atoms with Gasteiger partial charge in [-0.05, 0) is 49.1 Å². The topological polar surface area (TPSA) is 29.5 Å². The molecule has 1 aromatic heterocycles. The van der Waals surface area contributed by atoms with Crippen LogP contribution >= 0.6 is 22.9 Å². The monoisotopic (exact) mass is 410 g/mol. The van der Waals surface area contributed by atoms with Crippen molar-refractivity contribution in [3.05, 3.63) is 57.2 Å². The van der Waals surface area contributed by atoms with Gasteiger partial charge in [-0.15, -0.1) is 11.3 Å². The molecule has 1 heterocycles. The fourth-order valence-electron chi connectivity index (χ4n) is 3.22. The maximum absolute atomic E-state index is 15.1. The van der Waals surface area contributed by atoms with Crippen LogP contribution in [0.25, 0.3) is 27.0 Å². The molecule has 140 valence electrons. The number of ether oxygens (including phenoxy) is 1. The summed E-state index contributed by atoms with van der Waals surface area (Å²) in [5, 5.41) is 11.0.